The van der Waals surface area contributed by atoms with Gasteiger partial charge in [-0.2, -0.15) is 13.2 Å². The van der Waals surface area contributed by atoms with E-state index < -0.39 is 29.7 Å². The molecule has 3 aromatic rings. The zero-order valence-electron chi connectivity index (χ0n) is 18.7. The first-order valence-corrected chi connectivity index (χ1v) is 11.6. The highest BCUT2D eigenvalue weighted by Crippen LogP contribution is 2.32. The maximum atomic E-state index is 13.4. The Hall–Kier alpha value is -3.14. The number of ether oxygens (including phenoxy) is 1. The zero-order valence-corrected chi connectivity index (χ0v) is 21.0. The minimum atomic E-state index is -4.61. The number of thiocarbonyl (C=S) groups is 1. The number of alkyl halides is 3. The van der Waals surface area contributed by atoms with E-state index in [1.807, 2.05) is 0 Å². The molecule has 1 amide bonds. The van der Waals surface area contributed by atoms with Crippen molar-refractivity contribution in [3.05, 3.63) is 99.0 Å². The first kappa shape index (κ1) is 27.4. The molecule has 1 atom stereocenters. The second kappa shape index (κ2) is 11.7. The van der Waals surface area contributed by atoms with E-state index in [0.29, 0.717) is 11.3 Å². The molecule has 0 aliphatic heterocycles. The lowest BCUT2D eigenvalue weighted by molar-refractivity contribution is -0.142. The number of anilines is 1. The highest BCUT2D eigenvalue weighted by atomic mass is 35.5. The normalized spacial score (nSPS) is 11.9. The molecule has 0 spiro atoms. The van der Waals surface area contributed by atoms with Crippen molar-refractivity contribution in [2.45, 2.75) is 18.6 Å². The van der Waals surface area contributed by atoms with Gasteiger partial charge in [0.2, 0.25) is 0 Å². The summed E-state index contributed by atoms with van der Waals surface area (Å²) >= 11 is 17.3. The van der Waals surface area contributed by atoms with Crippen LogP contribution in [0.5, 0.6) is 0 Å². The topological polar surface area (TPSA) is 67.4 Å². The van der Waals surface area contributed by atoms with Crippen LogP contribution in [0.15, 0.2) is 66.7 Å². The number of benzene rings is 3. The van der Waals surface area contributed by atoms with E-state index in [9.17, 15) is 22.8 Å². The molecule has 0 saturated carbocycles. The predicted octanol–water partition coefficient (Wildman–Crippen LogP) is 6.31. The monoisotopic (exact) mass is 554 g/mol. The molecule has 0 aromatic heterocycles. The number of carbonyl (C=O) groups excluding carboxylic acids is 2. The van der Waals surface area contributed by atoms with Gasteiger partial charge in [0.15, 0.2) is 0 Å². The number of amides is 1. The number of hydrogen-bond donors (Lipinski definition) is 2. The van der Waals surface area contributed by atoms with Gasteiger partial charge in [0.1, 0.15) is 11.0 Å². The van der Waals surface area contributed by atoms with Crippen LogP contribution in [-0.2, 0) is 22.1 Å². The number of hydrogen-bond acceptors (Lipinski definition) is 4. The van der Waals surface area contributed by atoms with Gasteiger partial charge in [0, 0.05) is 17.7 Å². The van der Waals surface area contributed by atoms with Gasteiger partial charge in [-0.05, 0) is 35.9 Å². The van der Waals surface area contributed by atoms with Gasteiger partial charge in [-0.3, -0.25) is 4.79 Å². The van der Waals surface area contributed by atoms with Gasteiger partial charge in [0.05, 0.1) is 28.3 Å². The Labute approximate surface area is 220 Å². The molecule has 3 aromatic carbocycles. The number of esters is 1. The molecule has 0 unspecified atom stereocenters. The van der Waals surface area contributed by atoms with Gasteiger partial charge in [-0.1, -0.05) is 71.8 Å². The van der Waals surface area contributed by atoms with Crippen molar-refractivity contribution in [3.63, 3.8) is 0 Å². The number of carbonyl (C=O) groups is 2. The van der Waals surface area contributed by atoms with Gasteiger partial charge in [-0.25, -0.2) is 4.79 Å². The molecule has 0 radical (unpaired) electrons. The van der Waals surface area contributed by atoms with Crippen LogP contribution in [-0.4, -0.2) is 30.0 Å². The zero-order chi connectivity index (χ0) is 26.5. The lowest BCUT2D eigenvalue weighted by atomic mass is 10.0. The van der Waals surface area contributed by atoms with Crippen LogP contribution in [0.25, 0.3) is 0 Å². The minimum absolute atomic E-state index is 0.0611. The molecular formula is C25H19Cl2F3N2O3S. The van der Waals surface area contributed by atoms with Crippen molar-refractivity contribution in [2.75, 3.05) is 12.4 Å². The van der Waals surface area contributed by atoms with E-state index in [4.69, 9.17) is 40.2 Å². The molecule has 0 aliphatic carbocycles. The molecule has 5 nitrogen and oxygen atoms in total. The lowest BCUT2D eigenvalue weighted by Crippen LogP contribution is -2.43. The van der Waals surface area contributed by atoms with Crippen molar-refractivity contribution >= 4 is 58.0 Å². The highest BCUT2D eigenvalue weighted by Gasteiger charge is 2.34. The van der Waals surface area contributed by atoms with Crippen molar-refractivity contribution in [1.82, 2.24) is 5.32 Å². The molecule has 3 rings (SSSR count). The summed E-state index contributed by atoms with van der Waals surface area (Å²) in [5.74, 6) is -1.20. The Kier molecular flexibility index (Phi) is 8.94. The van der Waals surface area contributed by atoms with E-state index in [1.165, 1.54) is 25.3 Å². The summed E-state index contributed by atoms with van der Waals surface area (Å²) in [6, 6.07) is 15.0. The van der Waals surface area contributed by atoms with Crippen LogP contribution < -0.4 is 10.6 Å². The van der Waals surface area contributed by atoms with Crippen molar-refractivity contribution in [3.8, 4) is 0 Å². The number of rotatable bonds is 7. The highest BCUT2D eigenvalue weighted by molar-refractivity contribution is 7.80. The van der Waals surface area contributed by atoms with Crippen LogP contribution in [0.3, 0.4) is 0 Å². The van der Waals surface area contributed by atoms with Crippen LogP contribution in [0, 0.1) is 0 Å². The fraction of sp³-hybridized carbons (Fsp3) is 0.160. The van der Waals surface area contributed by atoms with Crippen LogP contribution in [0.1, 0.15) is 27.0 Å². The molecule has 0 aliphatic rings. The van der Waals surface area contributed by atoms with Gasteiger partial charge in [0.25, 0.3) is 5.91 Å². The molecule has 2 N–H and O–H groups in total. The molecule has 11 heteroatoms. The van der Waals surface area contributed by atoms with Gasteiger partial charge >= 0.3 is 12.1 Å². The van der Waals surface area contributed by atoms with E-state index in [-0.39, 0.29) is 32.6 Å². The van der Waals surface area contributed by atoms with Crippen LogP contribution >= 0.6 is 35.4 Å². The lowest BCUT2D eigenvalue weighted by Gasteiger charge is -2.20. The van der Waals surface area contributed by atoms with E-state index in [2.05, 4.69) is 10.6 Å². The summed E-state index contributed by atoms with van der Waals surface area (Å²) in [4.78, 5) is 24.7. The van der Waals surface area contributed by atoms with Crippen molar-refractivity contribution in [2.24, 2.45) is 0 Å². The Balaban J connectivity index is 1.74. The summed E-state index contributed by atoms with van der Waals surface area (Å²) in [6.45, 7) is 0. The van der Waals surface area contributed by atoms with Gasteiger partial charge < -0.3 is 15.4 Å². The molecule has 188 valence electrons. The van der Waals surface area contributed by atoms with E-state index >= 15 is 0 Å². The summed E-state index contributed by atoms with van der Waals surface area (Å²) in [5.41, 5.74) is 0.0538. The van der Waals surface area contributed by atoms with E-state index in [1.54, 1.807) is 42.5 Å². The van der Waals surface area contributed by atoms with Crippen LogP contribution in [0.4, 0.5) is 18.9 Å². The number of nitrogens with one attached hydrogen (secondary N) is 2. The Morgan fingerprint density at radius 2 is 1.58 bits per heavy atom. The quantitative estimate of drug-likeness (QED) is 0.264. The molecule has 0 saturated heterocycles. The van der Waals surface area contributed by atoms with E-state index in [0.717, 1.165) is 6.07 Å². The second-order valence-corrected chi connectivity index (χ2v) is 8.77. The Bertz CT molecular complexity index is 1260. The molecule has 36 heavy (non-hydrogen) atoms. The standard InChI is InChI=1S/C25H19Cl2F3N2O3S/c1-35-24(34)20(32-23(36)16-5-2-3-6-17(16)25(28,29)30)13-14-9-11-15(12-10-14)31-22(33)21-18(26)7-4-8-19(21)27/h2-12,20H,13H2,1H3,(H,31,33)(H,32,36)/t20-/m0/s1. The summed E-state index contributed by atoms with van der Waals surface area (Å²) in [5, 5.41) is 5.77. The molecule has 0 heterocycles. The SMILES string of the molecule is COC(=O)[C@H](Cc1ccc(NC(=O)c2c(Cl)cccc2Cl)cc1)NC(=S)c1ccccc1C(F)(F)F. The van der Waals surface area contributed by atoms with Crippen molar-refractivity contribution in [1.29, 1.82) is 0 Å². The second-order valence-electron chi connectivity index (χ2n) is 7.54. The predicted molar refractivity (Wildman–Crippen MR) is 137 cm³/mol. The average Bonchev–Trinajstić information content (AvgIpc) is 2.83. The first-order chi connectivity index (χ1) is 17.0. The maximum absolute atomic E-state index is 13.4. The number of halogens is 5. The third kappa shape index (κ3) is 6.75. The number of methoxy groups -OCH3 is 1. The average molecular weight is 555 g/mol. The summed E-state index contributed by atoms with van der Waals surface area (Å²) in [6.07, 6.45) is -4.55. The molecule has 0 bridgehead atoms. The molecule has 0 fully saturated rings. The Morgan fingerprint density at radius 3 is 2.17 bits per heavy atom. The summed E-state index contributed by atoms with van der Waals surface area (Å²) < 4.78 is 44.9. The largest absolute Gasteiger partial charge is 0.467 e. The third-order valence-corrected chi connectivity index (χ3v) is 6.08. The van der Waals surface area contributed by atoms with Gasteiger partial charge in [-0.15, -0.1) is 0 Å². The van der Waals surface area contributed by atoms with Crippen molar-refractivity contribution < 1.29 is 27.5 Å². The maximum Gasteiger partial charge on any atom is 0.417 e. The first-order valence-electron chi connectivity index (χ1n) is 10.4. The fourth-order valence-corrected chi connectivity index (χ4v) is 4.26. The Morgan fingerprint density at radius 1 is 0.972 bits per heavy atom. The smallest absolute Gasteiger partial charge is 0.417 e. The third-order valence-electron chi connectivity index (χ3n) is 5.11. The molecular weight excluding hydrogens is 536 g/mol. The fourth-order valence-electron chi connectivity index (χ4n) is 3.37. The summed E-state index contributed by atoms with van der Waals surface area (Å²) in [7, 11) is 1.17. The van der Waals surface area contributed by atoms with Crippen LogP contribution in [0.2, 0.25) is 10.0 Å². The minimum Gasteiger partial charge on any atom is -0.467 e.